The van der Waals surface area contributed by atoms with Crippen molar-refractivity contribution in [3.63, 3.8) is 0 Å². The van der Waals surface area contributed by atoms with E-state index in [-0.39, 0.29) is 24.2 Å². The SMILES string of the molecule is Cc1ccc(OCC(=O)c2cc(C)n(CC3COc4ccccc4O3)c2C)c([N+](=O)[O-])n1. The topological polar surface area (TPSA) is 106 Å². The van der Waals surface area contributed by atoms with Crippen LogP contribution in [0.4, 0.5) is 5.82 Å². The number of nitro groups is 1. The van der Waals surface area contributed by atoms with E-state index in [1.807, 2.05) is 42.7 Å². The van der Waals surface area contributed by atoms with Gasteiger partial charge in [0, 0.05) is 23.9 Å². The van der Waals surface area contributed by atoms with E-state index in [2.05, 4.69) is 4.98 Å². The standard InChI is InChI=1S/C23H23N3O6/c1-14-8-9-22(23(24-14)26(28)29)31-13-19(27)18-10-15(2)25(16(18)3)11-17-12-30-20-6-4-5-7-21(20)32-17/h4-10,17H,11-13H2,1-3H3. The zero-order chi connectivity index (χ0) is 22.8. The molecule has 32 heavy (non-hydrogen) atoms. The summed E-state index contributed by atoms with van der Waals surface area (Å²) in [6.07, 6.45) is -0.199. The van der Waals surface area contributed by atoms with Crippen molar-refractivity contribution < 1.29 is 23.9 Å². The summed E-state index contributed by atoms with van der Waals surface area (Å²) in [5.41, 5.74) is 2.67. The number of hydrogen-bond donors (Lipinski definition) is 0. The van der Waals surface area contributed by atoms with E-state index in [0.29, 0.717) is 30.2 Å². The predicted molar refractivity (Wildman–Crippen MR) is 116 cm³/mol. The molecule has 3 heterocycles. The molecule has 0 spiro atoms. The highest BCUT2D eigenvalue weighted by Gasteiger charge is 2.25. The zero-order valence-corrected chi connectivity index (χ0v) is 18.0. The van der Waals surface area contributed by atoms with Crippen molar-refractivity contribution in [2.75, 3.05) is 13.2 Å². The second kappa shape index (κ2) is 8.70. The summed E-state index contributed by atoms with van der Waals surface area (Å²) in [6, 6.07) is 12.4. The monoisotopic (exact) mass is 437 g/mol. The van der Waals surface area contributed by atoms with Gasteiger partial charge in [-0.3, -0.25) is 4.79 Å². The van der Waals surface area contributed by atoms with Crippen LogP contribution in [0.1, 0.15) is 27.4 Å². The van der Waals surface area contributed by atoms with Crippen molar-refractivity contribution >= 4 is 11.6 Å². The van der Waals surface area contributed by atoms with Gasteiger partial charge < -0.3 is 28.9 Å². The van der Waals surface area contributed by atoms with Crippen molar-refractivity contribution in [2.24, 2.45) is 0 Å². The number of fused-ring (bicyclic) bond motifs is 1. The zero-order valence-electron chi connectivity index (χ0n) is 18.0. The quantitative estimate of drug-likeness (QED) is 0.314. The molecule has 1 unspecified atom stereocenters. The number of carbonyl (C=O) groups excluding carboxylic acids is 1. The molecule has 166 valence electrons. The van der Waals surface area contributed by atoms with Crippen LogP contribution in [0.3, 0.4) is 0 Å². The molecule has 0 amide bonds. The van der Waals surface area contributed by atoms with Gasteiger partial charge in [-0.2, -0.15) is 0 Å². The molecular weight excluding hydrogens is 414 g/mol. The van der Waals surface area contributed by atoms with Gasteiger partial charge in [0.15, 0.2) is 24.2 Å². The molecular formula is C23H23N3O6. The number of hydrogen-bond acceptors (Lipinski definition) is 7. The largest absolute Gasteiger partial charge is 0.486 e. The van der Waals surface area contributed by atoms with Crippen LogP contribution in [0, 0.1) is 30.9 Å². The molecule has 0 bridgehead atoms. The number of para-hydroxylation sites is 2. The van der Waals surface area contributed by atoms with Crippen LogP contribution in [-0.2, 0) is 6.54 Å². The summed E-state index contributed by atoms with van der Waals surface area (Å²) in [7, 11) is 0. The highest BCUT2D eigenvalue weighted by molar-refractivity contribution is 5.98. The maximum absolute atomic E-state index is 12.8. The van der Waals surface area contributed by atoms with Gasteiger partial charge in [0.05, 0.1) is 6.54 Å². The Hall–Kier alpha value is -3.88. The summed E-state index contributed by atoms with van der Waals surface area (Å²) < 4.78 is 19.3. The highest BCUT2D eigenvalue weighted by atomic mass is 16.6. The Morgan fingerprint density at radius 2 is 1.97 bits per heavy atom. The molecule has 0 saturated heterocycles. The molecule has 0 N–H and O–H groups in total. The number of ketones is 1. The lowest BCUT2D eigenvalue weighted by Gasteiger charge is -2.27. The predicted octanol–water partition coefficient (Wildman–Crippen LogP) is 3.82. The maximum atomic E-state index is 12.8. The number of rotatable bonds is 7. The molecule has 0 radical (unpaired) electrons. The molecule has 1 aliphatic rings. The van der Waals surface area contributed by atoms with Gasteiger partial charge in [0.2, 0.25) is 11.5 Å². The third kappa shape index (κ3) is 4.27. The smallest absolute Gasteiger partial charge is 0.406 e. The molecule has 0 fully saturated rings. The van der Waals surface area contributed by atoms with E-state index in [9.17, 15) is 14.9 Å². The lowest BCUT2D eigenvalue weighted by atomic mass is 10.1. The molecule has 3 aromatic rings. The Labute approximate surface area is 184 Å². The van der Waals surface area contributed by atoms with E-state index < -0.39 is 10.7 Å². The fraction of sp³-hybridized carbons (Fsp3) is 0.304. The van der Waals surface area contributed by atoms with Crippen LogP contribution in [-0.4, -0.2) is 39.6 Å². The van der Waals surface area contributed by atoms with Crippen LogP contribution in [0.25, 0.3) is 0 Å². The number of benzene rings is 1. The third-order valence-corrected chi connectivity index (χ3v) is 5.34. The first kappa shape index (κ1) is 21.4. The first-order chi connectivity index (χ1) is 15.3. The van der Waals surface area contributed by atoms with Crippen molar-refractivity contribution in [1.29, 1.82) is 0 Å². The van der Waals surface area contributed by atoms with Crippen molar-refractivity contribution in [3.8, 4) is 17.2 Å². The van der Waals surface area contributed by atoms with E-state index >= 15 is 0 Å². The summed E-state index contributed by atoms with van der Waals surface area (Å²) in [4.78, 5) is 27.3. The molecule has 0 saturated carbocycles. The first-order valence-corrected chi connectivity index (χ1v) is 10.2. The minimum atomic E-state index is -0.622. The first-order valence-electron chi connectivity index (χ1n) is 10.2. The average Bonchev–Trinajstić information content (AvgIpc) is 3.06. The fourth-order valence-corrected chi connectivity index (χ4v) is 3.72. The molecule has 4 rings (SSSR count). The number of Topliss-reactive ketones (excluding diaryl/α,β-unsaturated/α-hetero) is 1. The Kier molecular flexibility index (Phi) is 5.81. The van der Waals surface area contributed by atoms with Crippen molar-refractivity contribution in [3.05, 3.63) is 75.2 Å². The van der Waals surface area contributed by atoms with Gasteiger partial charge in [-0.05, 0) is 54.1 Å². The Morgan fingerprint density at radius 3 is 2.72 bits per heavy atom. The minimum absolute atomic E-state index is 0.0332. The average molecular weight is 437 g/mol. The van der Waals surface area contributed by atoms with E-state index in [0.717, 1.165) is 17.1 Å². The number of ether oxygens (including phenoxy) is 3. The molecule has 2 aromatic heterocycles. The van der Waals surface area contributed by atoms with Crippen LogP contribution in [0.15, 0.2) is 42.5 Å². The van der Waals surface area contributed by atoms with Gasteiger partial charge in [-0.15, -0.1) is 0 Å². The third-order valence-electron chi connectivity index (χ3n) is 5.34. The molecule has 1 atom stereocenters. The summed E-state index contributed by atoms with van der Waals surface area (Å²) in [5.74, 6) is 0.708. The summed E-state index contributed by atoms with van der Waals surface area (Å²) in [5, 5.41) is 11.2. The Bertz CT molecular complexity index is 1190. The summed E-state index contributed by atoms with van der Waals surface area (Å²) in [6.45, 7) is 6.02. The number of carbonyl (C=O) groups is 1. The van der Waals surface area contributed by atoms with E-state index in [4.69, 9.17) is 14.2 Å². The lowest BCUT2D eigenvalue weighted by molar-refractivity contribution is -0.390. The molecule has 1 aliphatic heterocycles. The Balaban J connectivity index is 1.46. The van der Waals surface area contributed by atoms with Crippen molar-refractivity contribution in [1.82, 2.24) is 9.55 Å². The van der Waals surface area contributed by atoms with Gasteiger partial charge in [0.1, 0.15) is 12.3 Å². The van der Waals surface area contributed by atoms with E-state index in [1.54, 1.807) is 19.1 Å². The van der Waals surface area contributed by atoms with Crippen LogP contribution >= 0.6 is 0 Å². The number of pyridine rings is 1. The van der Waals surface area contributed by atoms with Crippen LogP contribution in [0.5, 0.6) is 17.2 Å². The normalized spacial score (nSPS) is 14.8. The summed E-state index contributed by atoms with van der Waals surface area (Å²) >= 11 is 0. The second-order valence-electron chi connectivity index (χ2n) is 7.64. The van der Waals surface area contributed by atoms with Gasteiger partial charge in [-0.25, -0.2) is 0 Å². The molecule has 9 heteroatoms. The minimum Gasteiger partial charge on any atom is -0.486 e. The van der Waals surface area contributed by atoms with Gasteiger partial charge >= 0.3 is 5.82 Å². The van der Waals surface area contributed by atoms with Crippen LogP contribution < -0.4 is 14.2 Å². The number of nitrogens with zero attached hydrogens (tertiary/aromatic N) is 3. The molecule has 1 aromatic carbocycles. The van der Waals surface area contributed by atoms with Crippen molar-refractivity contribution in [2.45, 2.75) is 33.4 Å². The van der Waals surface area contributed by atoms with Gasteiger partial charge in [0.25, 0.3) is 0 Å². The number of aromatic nitrogens is 2. The molecule has 0 aliphatic carbocycles. The number of aryl methyl sites for hydroxylation is 2. The second-order valence-corrected chi connectivity index (χ2v) is 7.64. The Morgan fingerprint density at radius 1 is 1.22 bits per heavy atom. The lowest BCUT2D eigenvalue weighted by Crippen LogP contribution is -2.33. The maximum Gasteiger partial charge on any atom is 0.406 e. The van der Waals surface area contributed by atoms with Crippen LogP contribution in [0.2, 0.25) is 0 Å². The highest BCUT2D eigenvalue weighted by Crippen LogP contribution is 2.32. The van der Waals surface area contributed by atoms with E-state index in [1.165, 1.54) is 6.07 Å². The van der Waals surface area contributed by atoms with Gasteiger partial charge in [-0.1, -0.05) is 12.1 Å². The molecule has 9 nitrogen and oxygen atoms in total. The fourth-order valence-electron chi connectivity index (χ4n) is 3.72.